The molecule has 0 aromatic heterocycles. The molecule has 0 N–H and O–H groups in total. The van der Waals surface area contributed by atoms with Gasteiger partial charge in [-0.3, -0.25) is 0 Å². The molecule has 324 valence electrons. The minimum absolute atomic E-state index is 0.131. The molecule has 1 nitrogen and oxygen atoms in total. The van der Waals surface area contributed by atoms with E-state index in [0.29, 0.717) is 0 Å². The van der Waals surface area contributed by atoms with Gasteiger partial charge in [-0.05, 0) is 113 Å². The fraction of sp³-hybridized carbons (Fsp3) is 0.104. The highest BCUT2D eigenvalue weighted by atomic mass is 15.1. The zero-order chi connectivity index (χ0) is 45.8. The van der Waals surface area contributed by atoms with Gasteiger partial charge in [-0.25, -0.2) is 0 Å². The summed E-state index contributed by atoms with van der Waals surface area (Å²) in [5.41, 5.74) is 25.8. The second-order valence-corrected chi connectivity index (χ2v) is 19.9. The van der Waals surface area contributed by atoms with Gasteiger partial charge in [0.1, 0.15) is 0 Å². The van der Waals surface area contributed by atoms with E-state index in [1.54, 1.807) is 0 Å². The lowest BCUT2D eigenvalue weighted by Gasteiger charge is -2.35. The van der Waals surface area contributed by atoms with Crippen molar-refractivity contribution in [3.05, 3.63) is 281 Å². The summed E-state index contributed by atoms with van der Waals surface area (Å²) in [7, 11) is 0. The molecule has 10 aromatic carbocycles. The number of hydrogen-bond donors (Lipinski definition) is 0. The Balaban J connectivity index is 1.12. The molecule has 1 heteroatoms. The third kappa shape index (κ3) is 5.57. The Morgan fingerprint density at radius 3 is 1.32 bits per heavy atom. The minimum Gasteiger partial charge on any atom is -0.309 e. The average molecular weight is 870 g/mol. The Morgan fingerprint density at radius 1 is 0.279 bits per heavy atom. The van der Waals surface area contributed by atoms with E-state index in [1.165, 1.54) is 100 Å². The lowest BCUT2D eigenvalue weighted by atomic mass is 9.67. The van der Waals surface area contributed by atoms with Gasteiger partial charge in [-0.2, -0.15) is 0 Å². The minimum atomic E-state index is -0.555. The molecule has 0 heterocycles. The van der Waals surface area contributed by atoms with E-state index < -0.39 is 5.41 Å². The number of benzene rings is 10. The molecule has 0 atom stereocenters. The van der Waals surface area contributed by atoms with Crippen molar-refractivity contribution in [1.29, 1.82) is 0 Å². The Bertz CT molecular complexity index is 3590. The summed E-state index contributed by atoms with van der Waals surface area (Å²) < 4.78 is 0. The van der Waals surface area contributed by atoms with E-state index >= 15 is 0 Å². The van der Waals surface area contributed by atoms with E-state index in [4.69, 9.17) is 0 Å². The van der Waals surface area contributed by atoms with Crippen LogP contribution in [0.15, 0.2) is 237 Å². The van der Waals surface area contributed by atoms with E-state index in [1.807, 2.05) is 0 Å². The van der Waals surface area contributed by atoms with Gasteiger partial charge in [0.05, 0.1) is 16.8 Å². The number of para-hydroxylation sites is 2. The number of hydrogen-bond acceptors (Lipinski definition) is 1. The lowest BCUT2D eigenvalue weighted by Crippen LogP contribution is -2.28. The molecular weight excluding hydrogens is 819 g/mol. The molecule has 13 rings (SSSR count). The van der Waals surface area contributed by atoms with Crippen molar-refractivity contribution in [2.24, 2.45) is 0 Å². The first-order valence-electron chi connectivity index (χ1n) is 24.1. The van der Waals surface area contributed by atoms with Crippen molar-refractivity contribution in [1.82, 2.24) is 0 Å². The summed E-state index contributed by atoms with van der Waals surface area (Å²) >= 11 is 0. The van der Waals surface area contributed by atoms with Crippen LogP contribution in [0.5, 0.6) is 0 Å². The van der Waals surface area contributed by atoms with Crippen molar-refractivity contribution < 1.29 is 0 Å². The van der Waals surface area contributed by atoms with Crippen LogP contribution in [0.4, 0.5) is 17.1 Å². The van der Waals surface area contributed by atoms with Crippen LogP contribution in [-0.2, 0) is 16.2 Å². The highest BCUT2D eigenvalue weighted by Gasteiger charge is 2.47. The summed E-state index contributed by atoms with van der Waals surface area (Å²) in [6.45, 7) is 9.55. The van der Waals surface area contributed by atoms with Gasteiger partial charge in [-0.15, -0.1) is 0 Å². The standard InChI is InChI=1S/C67H51N/c1-65(2)57-36-17-13-31-55(57)63-52(32-22-38-59(63)65)50-29-14-19-39-61(50)68(62-40-20-15-30-51(62)54-34-21-33-53-48-28-11-16-35-56(48)66(3,4)64(53)54)46-41-42-49-47-27-12-18-37-58(47)67(60(49)43-46,44-23-7-5-8-24-44)45-25-9-6-10-26-45/h5-43H,1-4H3. The van der Waals surface area contributed by atoms with Gasteiger partial charge in [0.2, 0.25) is 0 Å². The van der Waals surface area contributed by atoms with Crippen molar-refractivity contribution in [2.75, 3.05) is 4.90 Å². The average Bonchev–Trinajstić information content (AvgIpc) is 3.92. The molecule has 0 fully saturated rings. The molecule has 0 bridgehead atoms. The monoisotopic (exact) mass is 869 g/mol. The van der Waals surface area contributed by atoms with Crippen LogP contribution in [-0.4, -0.2) is 0 Å². The summed E-state index contributed by atoms with van der Waals surface area (Å²) in [5.74, 6) is 0. The van der Waals surface area contributed by atoms with E-state index in [9.17, 15) is 0 Å². The second-order valence-electron chi connectivity index (χ2n) is 19.9. The molecular formula is C67H51N. The smallest absolute Gasteiger partial charge is 0.0714 e. The fourth-order valence-corrected chi connectivity index (χ4v) is 12.8. The zero-order valence-electron chi connectivity index (χ0n) is 39.0. The molecule has 10 aromatic rings. The van der Waals surface area contributed by atoms with Crippen LogP contribution < -0.4 is 4.90 Å². The van der Waals surface area contributed by atoms with Crippen LogP contribution in [0.1, 0.15) is 72.2 Å². The molecule has 0 unspecified atom stereocenters. The Hall–Kier alpha value is -8.00. The lowest BCUT2D eigenvalue weighted by molar-refractivity contribution is 0.660. The van der Waals surface area contributed by atoms with E-state index in [-0.39, 0.29) is 10.8 Å². The van der Waals surface area contributed by atoms with Crippen LogP contribution in [0, 0.1) is 0 Å². The van der Waals surface area contributed by atoms with Gasteiger partial charge in [0, 0.05) is 27.6 Å². The number of nitrogens with zero attached hydrogens (tertiary/aromatic N) is 1. The van der Waals surface area contributed by atoms with Crippen LogP contribution >= 0.6 is 0 Å². The molecule has 0 spiro atoms. The topological polar surface area (TPSA) is 3.24 Å². The van der Waals surface area contributed by atoms with Crippen molar-refractivity contribution in [3.8, 4) is 55.6 Å². The first-order chi connectivity index (χ1) is 33.3. The quantitative estimate of drug-likeness (QED) is 0.154. The first kappa shape index (κ1) is 40.3. The van der Waals surface area contributed by atoms with Gasteiger partial charge in [0.15, 0.2) is 0 Å². The van der Waals surface area contributed by atoms with E-state index in [2.05, 4.69) is 269 Å². The highest BCUT2D eigenvalue weighted by molar-refractivity contribution is 6.01. The van der Waals surface area contributed by atoms with Crippen LogP contribution in [0.3, 0.4) is 0 Å². The number of fused-ring (bicyclic) bond motifs is 9. The Kier molecular flexibility index (Phi) is 8.89. The van der Waals surface area contributed by atoms with Gasteiger partial charge in [-0.1, -0.05) is 240 Å². The second kappa shape index (κ2) is 15.0. The third-order valence-electron chi connectivity index (χ3n) is 15.8. The first-order valence-corrected chi connectivity index (χ1v) is 24.1. The Labute approximate surface area is 400 Å². The van der Waals surface area contributed by atoms with Gasteiger partial charge >= 0.3 is 0 Å². The van der Waals surface area contributed by atoms with E-state index in [0.717, 1.165) is 17.1 Å². The predicted molar refractivity (Wildman–Crippen MR) is 284 cm³/mol. The summed E-state index contributed by atoms with van der Waals surface area (Å²) in [6, 6.07) is 88.8. The predicted octanol–water partition coefficient (Wildman–Crippen LogP) is 17.5. The summed E-state index contributed by atoms with van der Waals surface area (Å²) in [5, 5.41) is 0. The van der Waals surface area contributed by atoms with Gasteiger partial charge in [0.25, 0.3) is 0 Å². The zero-order valence-corrected chi connectivity index (χ0v) is 39.0. The summed E-state index contributed by atoms with van der Waals surface area (Å²) in [6.07, 6.45) is 0. The van der Waals surface area contributed by atoms with Gasteiger partial charge < -0.3 is 4.90 Å². The third-order valence-corrected chi connectivity index (χ3v) is 15.8. The summed E-state index contributed by atoms with van der Waals surface area (Å²) in [4.78, 5) is 2.58. The maximum absolute atomic E-state index is 2.58. The molecule has 0 aliphatic heterocycles. The largest absolute Gasteiger partial charge is 0.309 e. The number of anilines is 3. The Morgan fingerprint density at radius 2 is 0.691 bits per heavy atom. The molecule has 0 radical (unpaired) electrons. The molecule has 0 amide bonds. The normalized spacial score (nSPS) is 14.8. The molecule has 0 saturated carbocycles. The molecule has 3 aliphatic rings. The maximum atomic E-state index is 2.58. The molecule has 68 heavy (non-hydrogen) atoms. The van der Waals surface area contributed by atoms with Crippen molar-refractivity contribution in [2.45, 2.75) is 43.9 Å². The highest BCUT2D eigenvalue weighted by Crippen LogP contribution is 2.60. The van der Waals surface area contributed by atoms with Crippen LogP contribution in [0.25, 0.3) is 55.6 Å². The van der Waals surface area contributed by atoms with Crippen molar-refractivity contribution >= 4 is 17.1 Å². The molecule has 3 aliphatic carbocycles. The fourth-order valence-electron chi connectivity index (χ4n) is 12.8. The molecule has 0 saturated heterocycles. The maximum Gasteiger partial charge on any atom is 0.0714 e. The van der Waals surface area contributed by atoms with Crippen LogP contribution in [0.2, 0.25) is 0 Å². The number of rotatable bonds is 7. The SMILES string of the molecule is CC1(C)c2ccccc2-c2c(-c3ccccc3N(c3ccc4c(c3)C(c3ccccc3)(c3ccccc3)c3ccccc3-4)c3ccccc3-c3cccc4c3C(C)(C)c3ccccc3-4)cccc21. The van der Waals surface area contributed by atoms with Crippen molar-refractivity contribution in [3.63, 3.8) is 0 Å².